The summed E-state index contributed by atoms with van der Waals surface area (Å²) in [5.41, 5.74) is 0.957. The number of hydrogen-bond donors (Lipinski definition) is 0. The summed E-state index contributed by atoms with van der Waals surface area (Å²) in [6.45, 7) is 14.2. The molecule has 144 valence electrons. The fourth-order valence-corrected chi connectivity index (χ4v) is 8.05. The fourth-order valence-electron chi connectivity index (χ4n) is 8.05. The first-order chi connectivity index (χ1) is 11.8. The third-order valence-corrected chi connectivity index (χ3v) is 9.32. The maximum Gasteiger partial charge on any atom is 0.222 e. The van der Waals surface area contributed by atoms with Gasteiger partial charge in [0.1, 0.15) is 0 Å². The predicted molar refractivity (Wildman–Crippen MR) is 105 cm³/mol. The third kappa shape index (κ3) is 2.60. The number of carbonyl (C=O) groups excluding carboxylic acids is 1. The molecule has 8 unspecified atom stereocenters. The van der Waals surface area contributed by atoms with Gasteiger partial charge in [-0.2, -0.15) is 0 Å². The Bertz CT molecular complexity index is 516. The highest BCUT2D eigenvalue weighted by Gasteiger charge is 2.61. The molecule has 2 heteroatoms. The first-order valence-corrected chi connectivity index (χ1v) is 11.0. The number of piperidine rings is 1. The van der Waals surface area contributed by atoms with Crippen molar-refractivity contribution < 1.29 is 4.79 Å². The van der Waals surface area contributed by atoms with Crippen LogP contribution in [0.4, 0.5) is 0 Å². The van der Waals surface area contributed by atoms with E-state index < -0.39 is 0 Å². The number of nitrogens with zero attached hydrogens (tertiary/aromatic N) is 1. The van der Waals surface area contributed by atoms with Crippen molar-refractivity contribution >= 4 is 5.91 Å². The maximum atomic E-state index is 12.2. The Morgan fingerprint density at radius 1 is 1.00 bits per heavy atom. The van der Waals surface area contributed by atoms with Crippen LogP contribution in [0.15, 0.2) is 0 Å². The van der Waals surface area contributed by atoms with E-state index in [1.807, 2.05) is 13.8 Å². The molecule has 3 aliphatic carbocycles. The van der Waals surface area contributed by atoms with Crippen molar-refractivity contribution in [2.24, 2.45) is 40.4 Å². The summed E-state index contributed by atoms with van der Waals surface area (Å²) in [5.74, 6) is 4.86. The smallest absolute Gasteiger partial charge is 0.222 e. The van der Waals surface area contributed by atoms with Crippen LogP contribution in [0.3, 0.4) is 0 Å². The van der Waals surface area contributed by atoms with Crippen LogP contribution in [-0.2, 0) is 4.79 Å². The average Bonchev–Trinajstić information content (AvgIpc) is 2.82. The summed E-state index contributed by atoms with van der Waals surface area (Å²) >= 11 is 0. The van der Waals surface area contributed by atoms with E-state index in [4.69, 9.17) is 0 Å². The van der Waals surface area contributed by atoms with E-state index in [2.05, 4.69) is 39.6 Å². The average molecular weight is 348 g/mol. The number of rotatable bonds is 0. The van der Waals surface area contributed by atoms with E-state index in [1.54, 1.807) is 0 Å². The van der Waals surface area contributed by atoms with E-state index in [1.165, 1.54) is 32.1 Å². The molecule has 1 aliphatic heterocycles. The highest BCUT2D eigenvalue weighted by Crippen LogP contribution is 2.67. The van der Waals surface area contributed by atoms with Gasteiger partial charge in [-0.3, -0.25) is 4.79 Å². The predicted octanol–water partition coefficient (Wildman–Crippen LogP) is 5.76. The lowest BCUT2D eigenvalue weighted by molar-refractivity contribution is -0.159. The first-order valence-electron chi connectivity index (χ1n) is 11.0. The Hall–Kier alpha value is -0.530. The molecule has 0 spiro atoms. The molecule has 2 nitrogen and oxygen atoms in total. The summed E-state index contributed by atoms with van der Waals surface area (Å²) in [4.78, 5) is 14.3. The minimum absolute atomic E-state index is 0.373. The molecule has 3 saturated carbocycles. The van der Waals surface area contributed by atoms with Gasteiger partial charge in [0.2, 0.25) is 5.91 Å². The lowest BCUT2D eigenvalue weighted by Gasteiger charge is -2.62. The second-order valence-electron chi connectivity index (χ2n) is 10.1. The van der Waals surface area contributed by atoms with E-state index in [0.29, 0.717) is 22.8 Å². The molecule has 8 atom stereocenters. The summed E-state index contributed by atoms with van der Waals surface area (Å²) in [6.07, 6.45) is 8.78. The minimum Gasteiger partial charge on any atom is -0.342 e. The number of fused-ring (bicyclic) bond motifs is 5. The van der Waals surface area contributed by atoms with Gasteiger partial charge in [0.05, 0.1) is 0 Å². The number of amides is 1. The maximum absolute atomic E-state index is 12.2. The molecule has 0 radical (unpaired) electrons. The Morgan fingerprint density at radius 3 is 2.36 bits per heavy atom. The molecule has 4 fully saturated rings. The normalized spacial score (nSPS) is 51.8. The van der Waals surface area contributed by atoms with Gasteiger partial charge in [0, 0.05) is 19.5 Å². The van der Waals surface area contributed by atoms with Crippen LogP contribution < -0.4 is 0 Å². The van der Waals surface area contributed by atoms with Gasteiger partial charge in [-0.05, 0) is 78.9 Å². The Kier molecular flexibility index (Phi) is 5.06. The van der Waals surface area contributed by atoms with Gasteiger partial charge in [-0.1, -0.05) is 41.5 Å². The van der Waals surface area contributed by atoms with Crippen molar-refractivity contribution in [3.05, 3.63) is 0 Å². The van der Waals surface area contributed by atoms with Crippen LogP contribution in [0.1, 0.15) is 86.5 Å². The fraction of sp³-hybridized carbons (Fsp3) is 0.957. The summed E-state index contributed by atoms with van der Waals surface area (Å²) in [5, 5.41) is 0. The molecule has 1 saturated heterocycles. The van der Waals surface area contributed by atoms with Gasteiger partial charge in [0.25, 0.3) is 0 Å². The SMILES string of the molecule is CC.CC1CC(C)C2(C)CCC3C(CCC4N(C)C(=O)CCC34C)C12. The van der Waals surface area contributed by atoms with Crippen LogP contribution in [0.2, 0.25) is 0 Å². The molecular formula is C23H41NO. The lowest BCUT2D eigenvalue weighted by Crippen LogP contribution is -2.61. The number of likely N-dealkylation sites (tertiary alicyclic amines) is 1. The molecule has 4 rings (SSSR count). The van der Waals surface area contributed by atoms with Crippen molar-refractivity contribution in [1.29, 1.82) is 0 Å². The van der Waals surface area contributed by atoms with Gasteiger partial charge >= 0.3 is 0 Å². The summed E-state index contributed by atoms with van der Waals surface area (Å²) in [6, 6.07) is 0.503. The van der Waals surface area contributed by atoms with Crippen LogP contribution >= 0.6 is 0 Å². The highest BCUT2D eigenvalue weighted by molar-refractivity contribution is 5.77. The van der Waals surface area contributed by atoms with Crippen molar-refractivity contribution in [2.45, 2.75) is 92.5 Å². The monoisotopic (exact) mass is 347 g/mol. The zero-order chi connectivity index (χ0) is 18.6. The first kappa shape index (κ1) is 19.2. The second-order valence-corrected chi connectivity index (χ2v) is 10.1. The zero-order valence-electron chi connectivity index (χ0n) is 17.8. The van der Waals surface area contributed by atoms with Crippen LogP contribution in [0.5, 0.6) is 0 Å². The molecular weight excluding hydrogens is 306 g/mol. The lowest BCUT2D eigenvalue weighted by atomic mass is 9.46. The zero-order valence-corrected chi connectivity index (χ0v) is 17.8. The van der Waals surface area contributed by atoms with Gasteiger partial charge in [-0.25, -0.2) is 0 Å². The van der Waals surface area contributed by atoms with Crippen molar-refractivity contribution in [2.75, 3.05) is 7.05 Å². The largest absolute Gasteiger partial charge is 0.342 e. The molecule has 0 aromatic heterocycles. The van der Waals surface area contributed by atoms with Gasteiger partial charge in [-0.15, -0.1) is 0 Å². The van der Waals surface area contributed by atoms with E-state index in [0.717, 1.165) is 42.4 Å². The quantitative estimate of drug-likeness (QED) is 0.545. The Balaban J connectivity index is 0.000000880. The van der Waals surface area contributed by atoms with E-state index in [-0.39, 0.29) is 0 Å². The van der Waals surface area contributed by atoms with E-state index in [9.17, 15) is 4.79 Å². The summed E-state index contributed by atoms with van der Waals surface area (Å²) in [7, 11) is 2.07. The van der Waals surface area contributed by atoms with Crippen molar-refractivity contribution in [1.82, 2.24) is 4.90 Å². The molecule has 1 heterocycles. The molecule has 0 aromatic carbocycles. The minimum atomic E-state index is 0.373. The van der Waals surface area contributed by atoms with Crippen LogP contribution in [-0.4, -0.2) is 23.9 Å². The van der Waals surface area contributed by atoms with Crippen LogP contribution in [0, 0.1) is 40.4 Å². The molecule has 25 heavy (non-hydrogen) atoms. The topological polar surface area (TPSA) is 20.3 Å². The van der Waals surface area contributed by atoms with Crippen molar-refractivity contribution in [3.63, 3.8) is 0 Å². The molecule has 0 bridgehead atoms. The Labute approximate surface area is 156 Å². The number of hydrogen-bond acceptors (Lipinski definition) is 1. The molecule has 0 N–H and O–H groups in total. The molecule has 1 amide bonds. The third-order valence-electron chi connectivity index (χ3n) is 9.32. The molecule has 4 aliphatic rings. The summed E-state index contributed by atoms with van der Waals surface area (Å²) < 4.78 is 0. The molecule has 0 aromatic rings. The van der Waals surface area contributed by atoms with E-state index >= 15 is 0 Å². The van der Waals surface area contributed by atoms with Crippen LogP contribution in [0.25, 0.3) is 0 Å². The Morgan fingerprint density at radius 2 is 1.68 bits per heavy atom. The number of carbonyl (C=O) groups is 1. The standard InChI is InChI=1S/C21H35NO.C2H6/c1-13-12-14(2)20(3)10-8-16-15(19(13)20)6-7-17-21(16,4)11-9-18(23)22(17)5;1-2/h13-17,19H,6-12H2,1-5H3;1-2H3. The second kappa shape index (κ2) is 6.57. The highest BCUT2D eigenvalue weighted by atomic mass is 16.2. The van der Waals surface area contributed by atoms with Crippen molar-refractivity contribution in [3.8, 4) is 0 Å². The van der Waals surface area contributed by atoms with Gasteiger partial charge in [0.15, 0.2) is 0 Å². The van der Waals surface area contributed by atoms with Gasteiger partial charge < -0.3 is 4.90 Å².